The molecule has 0 radical (unpaired) electrons. The minimum absolute atomic E-state index is 0.139. The van der Waals surface area contributed by atoms with Crippen LogP contribution in [0.4, 0.5) is 0 Å². The van der Waals surface area contributed by atoms with Crippen molar-refractivity contribution in [3.63, 3.8) is 0 Å². The highest BCUT2D eigenvalue weighted by atomic mass is 16.6. The monoisotopic (exact) mass is 261 g/mol. The van der Waals surface area contributed by atoms with Gasteiger partial charge in [0.25, 0.3) is 0 Å². The van der Waals surface area contributed by atoms with Crippen molar-refractivity contribution in [2.75, 3.05) is 26.4 Å². The van der Waals surface area contributed by atoms with Crippen LogP contribution in [0.1, 0.15) is 18.7 Å². The number of hydrogen-bond donors (Lipinski definition) is 1. The van der Waals surface area contributed by atoms with E-state index in [0.29, 0.717) is 19.8 Å². The van der Waals surface area contributed by atoms with Gasteiger partial charge in [-0.3, -0.25) is 0 Å². The summed E-state index contributed by atoms with van der Waals surface area (Å²) in [5, 5.41) is 4.57. The summed E-state index contributed by atoms with van der Waals surface area (Å²) in [5.41, 5.74) is 0.934. The average molecular weight is 261 g/mol. The summed E-state index contributed by atoms with van der Waals surface area (Å²) < 4.78 is 16.8. The van der Waals surface area contributed by atoms with Gasteiger partial charge in [0.15, 0.2) is 0 Å². The molecule has 0 saturated carbocycles. The standard InChI is InChI=1S/C15H19NO3/c1-11(16-9-13-10-17-6-7-18-13)15-8-12-4-2-3-5-14(12)19-15/h2-5,8,11,13,16H,6-7,9-10H2,1H3. The Bertz CT molecular complexity index is 498. The Balaban J connectivity index is 1.61. The minimum atomic E-state index is 0.139. The third-order valence-electron chi connectivity index (χ3n) is 3.41. The van der Waals surface area contributed by atoms with Gasteiger partial charge in [-0.05, 0) is 19.1 Å². The summed E-state index contributed by atoms with van der Waals surface area (Å²) in [6.07, 6.45) is 0.139. The maximum atomic E-state index is 5.84. The van der Waals surface area contributed by atoms with E-state index in [2.05, 4.69) is 24.4 Å². The van der Waals surface area contributed by atoms with E-state index in [-0.39, 0.29) is 12.1 Å². The zero-order valence-electron chi connectivity index (χ0n) is 11.1. The Hall–Kier alpha value is -1.36. The van der Waals surface area contributed by atoms with Gasteiger partial charge in [-0.2, -0.15) is 0 Å². The molecule has 1 aliphatic heterocycles. The average Bonchev–Trinajstić information content (AvgIpc) is 2.90. The van der Waals surface area contributed by atoms with Crippen molar-refractivity contribution in [2.24, 2.45) is 0 Å². The van der Waals surface area contributed by atoms with E-state index in [1.165, 1.54) is 0 Å². The molecule has 4 heteroatoms. The lowest BCUT2D eigenvalue weighted by molar-refractivity contribution is -0.0870. The van der Waals surface area contributed by atoms with Crippen LogP contribution in [-0.2, 0) is 9.47 Å². The van der Waals surface area contributed by atoms with Crippen molar-refractivity contribution in [2.45, 2.75) is 19.1 Å². The molecule has 2 heterocycles. The molecule has 0 spiro atoms. The molecule has 1 aliphatic rings. The number of hydrogen-bond acceptors (Lipinski definition) is 4. The van der Waals surface area contributed by atoms with Gasteiger partial charge in [-0.25, -0.2) is 0 Å². The second kappa shape index (κ2) is 5.74. The van der Waals surface area contributed by atoms with Crippen molar-refractivity contribution in [3.8, 4) is 0 Å². The fourth-order valence-corrected chi connectivity index (χ4v) is 2.28. The van der Waals surface area contributed by atoms with Crippen LogP contribution in [0.3, 0.4) is 0 Å². The first-order chi connectivity index (χ1) is 9.33. The van der Waals surface area contributed by atoms with Crippen molar-refractivity contribution in [1.29, 1.82) is 0 Å². The normalized spacial score (nSPS) is 21.6. The van der Waals surface area contributed by atoms with Crippen LogP contribution in [0.25, 0.3) is 11.0 Å². The fourth-order valence-electron chi connectivity index (χ4n) is 2.28. The topological polar surface area (TPSA) is 43.6 Å². The molecule has 0 bridgehead atoms. The van der Waals surface area contributed by atoms with Gasteiger partial charge < -0.3 is 19.2 Å². The molecule has 0 aliphatic carbocycles. The van der Waals surface area contributed by atoms with Crippen molar-refractivity contribution < 1.29 is 13.9 Å². The summed E-state index contributed by atoms with van der Waals surface area (Å²) in [4.78, 5) is 0. The fraction of sp³-hybridized carbons (Fsp3) is 0.467. The Morgan fingerprint density at radius 3 is 3.00 bits per heavy atom. The number of fused-ring (bicyclic) bond motifs is 1. The largest absolute Gasteiger partial charge is 0.459 e. The molecule has 1 aromatic heterocycles. The molecular weight excluding hydrogens is 242 g/mol. The lowest BCUT2D eigenvalue weighted by atomic mass is 10.2. The third-order valence-corrected chi connectivity index (χ3v) is 3.41. The van der Waals surface area contributed by atoms with Crippen LogP contribution >= 0.6 is 0 Å². The molecule has 0 amide bonds. The van der Waals surface area contributed by atoms with Gasteiger partial charge >= 0.3 is 0 Å². The summed E-state index contributed by atoms with van der Waals surface area (Å²) in [5.74, 6) is 0.956. The van der Waals surface area contributed by atoms with E-state index in [4.69, 9.17) is 13.9 Å². The van der Waals surface area contributed by atoms with Gasteiger partial charge in [0.05, 0.1) is 32.0 Å². The predicted octanol–water partition coefficient (Wildman–Crippen LogP) is 2.50. The van der Waals surface area contributed by atoms with Gasteiger partial charge in [0.1, 0.15) is 11.3 Å². The molecule has 2 atom stereocenters. The molecule has 102 valence electrons. The second-order valence-corrected chi connectivity index (χ2v) is 4.88. The van der Waals surface area contributed by atoms with E-state index in [1.807, 2.05) is 18.2 Å². The number of nitrogens with one attached hydrogen (secondary N) is 1. The first-order valence-corrected chi connectivity index (χ1v) is 6.74. The summed E-state index contributed by atoms with van der Waals surface area (Å²) in [7, 11) is 0. The van der Waals surface area contributed by atoms with Crippen molar-refractivity contribution in [1.82, 2.24) is 5.32 Å². The van der Waals surface area contributed by atoms with E-state index >= 15 is 0 Å². The maximum absolute atomic E-state index is 5.84. The molecule has 1 fully saturated rings. The lowest BCUT2D eigenvalue weighted by Crippen LogP contribution is -2.38. The number of furan rings is 1. The molecule has 1 saturated heterocycles. The molecule has 1 aromatic carbocycles. The van der Waals surface area contributed by atoms with Crippen LogP contribution in [0.15, 0.2) is 34.7 Å². The molecular formula is C15H19NO3. The predicted molar refractivity (Wildman–Crippen MR) is 73.2 cm³/mol. The van der Waals surface area contributed by atoms with Gasteiger partial charge in [-0.1, -0.05) is 18.2 Å². The lowest BCUT2D eigenvalue weighted by Gasteiger charge is -2.24. The SMILES string of the molecule is CC(NCC1COCCO1)c1cc2ccccc2o1. The number of rotatable bonds is 4. The number of benzene rings is 1. The highest BCUT2D eigenvalue weighted by Gasteiger charge is 2.17. The molecule has 19 heavy (non-hydrogen) atoms. The zero-order chi connectivity index (χ0) is 13.1. The smallest absolute Gasteiger partial charge is 0.134 e. The third kappa shape index (κ3) is 2.97. The molecule has 3 rings (SSSR count). The molecule has 1 N–H and O–H groups in total. The van der Waals surface area contributed by atoms with Gasteiger partial charge in [0.2, 0.25) is 0 Å². The molecule has 4 nitrogen and oxygen atoms in total. The van der Waals surface area contributed by atoms with E-state index in [0.717, 1.165) is 23.3 Å². The highest BCUT2D eigenvalue weighted by Crippen LogP contribution is 2.23. The summed E-state index contributed by atoms with van der Waals surface area (Å²) in [6.45, 7) is 4.93. The Kier molecular flexibility index (Phi) is 3.82. The van der Waals surface area contributed by atoms with E-state index in [9.17, 15) is 0 Å². The van der Waals surface area contributed by atoms with Gasteiger partial charge in [-0.15, -0.1) is 0 Å². The van der Waals surface area contributed by atoms with Crippen LogP contribution < -0.4 is 5.32 Å². The summed E-state index contributed by atoms with van der Waals surface area (Å²) >= 11 is 0. The summed E-state index contributed by atoms with van der Waals surface area (Å²) in [6, 6.07) is 10.3. The molecule has 2 unspecified atom stereocenters. The molecule has 2 aromatic rings. The second-order valence-electron chi connectivity index (χ2n) is 4.88. The zero-order valence-corrected chi connectivity index (χ0v) is 11.1. The number of ether oxygens (including phenoxy) is 2. The Morgan fingerprint density at radius 1 is 1.32 bits per heavy atom. The van der Waals surface area contributed by atoms with E-state index < -0.39 is 0 Å². The first kappa shape index (κ1) is 12.7. The van der Waals surface area contributed by atoms with E-state index in [1.54, 1.807) is 0 Å². The van der Waals surface area contributed by atoms with Crippen molar-refractivity contribution >= 4 is 11.0 Å². The van der Waals surface area contributed by atoms with Gasteiger partial charge in [0, 0.05) is 11.9 Å². The van der Waals surface area contributed by atoms with Crippen LogP contribution in [0, 0.1) is 0 Å². The highest BCUT2D eigenvalue weighted by molar-refractivity contribution is 5.77. The van der Waals surface area contributed by atoms with Crippen LogP contribution in [0.5, 0.6) is 0 Å². The maximum Gasteiger partial charge on any atom is 0.134 e. The first-order valence-electron chi connectivity index (χ1n) is 6.74. The van der Waals surface area contributed by atoms with Crippen LogP contribution in [0.2, 0.25) is 0 Å². The number of para-hydroxylation sites is 1. The van der Waals surface area contributed by atoms with Crippen LogP contribution in [-0.4, -0.2) is 32.5 Å². The minimum Gasteiger partial charge on any atom is -0.459 e. The Labute approximate surface area is 112 Å². The quantitative estimate of drug-likeness (QED) is 0.918. The van der Waals surface area contributed by atoms with Crippen molar-refractivity contribution in [3.05, 3.63) is 36.1 Å². The Morgan fingerprint density at radius 2 is 2.21 bits per heavy atom.